The van der Waals surface area contributed by atoms with Crippen LogP contribution in [0.4, 0.5) is 11.4 Å². The summed E-state index contributed by atoms with van der Waals surface area (Å²) in [5, 5.41) is 0.350. The molecule has 2 rings (SSSR count). The summed E-state index contributed by atoms with van der Waals surface area (Å²) in [6, 6.07) is 16.3. The highest BCUT2D eigenvalue weighted by molar-refractivity contribution is 7.80. The monoisotopic (exact) mass is 256 g/mol. The number of aryl methyl sites for hydroxylation is 2. The number of hydrogen-bond acceptors (Lipinski definition) is 1. The Balaban J connectivity index is 2.43. The van der Waals surface area contributed by atoms with Gasteiger partial charge in [0.25, 0.3) is 0 Å². The zero-order valence-corrected chi connectivity index (χ0v) is 11.4. The molecule has 0 spiro atoms. The molecule has 2 N–H and O–H groups in total. The maximum atomic E-state index is 5.83. The fourth-order valence-corrected chi connectivity index (χ4v) is 2.00. The molecular formula is C15H16N2S. The van der Waals surface area contributed by atoms with E-state index in [0.29, 0.717) is 5.11 Å². The molecule has 0 saturated carbocycles. The first-order valence-electron chi connectivity index (χ1n) is 5.81. The molecule has 0 heterocycles. The fraction of sp³-hybridized carbons (Fsp3) is 0.133. The summed E-state index contributed by atoms with van der Waals surface area (Å²) in [4.78, 5) is 1.87. The van der Waals surface area contributed by atoms with Crippen LogP contribution in [0.2, 0.25) is 0 Å². The van der Waals surface area contributed by atoms with Gasteiger partial charge >= 0.3 is 0 Å². The zero-order valence-electron chi connectivity index (χ0n) is 10.6. The SMILES string of the molecule is Cc1ccc(N(C(N)=S)c2ccc(C)cc2)cc1. The molecule has 18 heavy (non-hydrogen) atoms. The molecule has 0 radical (unpaired) electrons. The van der Waals surface area contributed by atoms with E-state index in [1.807, 2.05) is 29.2 Å². The van der Waals surface area contributed by atoms with Crippen LogP contribution in [0.25, 0.3) is 0 Å². The summed E-state index contributed by atoms with van der Waals surface area (Å²) in [6.45, 7) is 4.11. The quantitative estimate of drug-likeness (QED) is 0.831. The number of rotatable bonds is 2. The van der Waals surface area contributed by atoms with Crippen molar-refractivity contribution in [1.82, 2.24) is 0 Å². The van der Waals surface area contributed by atoms with Crippen molar-refractivity contribution >= 4 is 28.7 Å². The van der Waals surface area contributed by atoms with Crippen LogP contribution >= 0.6 is 12.2 Å². The zero-order chi connectivity index (χ0) is 13.1. The van der Waals surface area contributed by atoms with E-state index in [9.17, 15) is 0 Å². The van der Waals surface area contributed by atoms with Crippen molar-refractivity contribution in [2.75, 3.05) is 4.90 Å². The molecule has 0 aliphatic carbocycles. The first-order chi connectivity index (χ1) is 8.58. The lowest BCUT2D eigenvalue weighted by Crippen LogP contribution is -2.31. The van der Waals surface area contributed by atoms with Crippen molar-refractivity contribution in [2.45, 2.75) is 13.8 Å². The first kappa shape index (κ1) is 12.6. The summed E-state index contributed by atoms with van der Waals surface area (Å²) < 4.78 is 0. The van der Waals surface area contributed by atoms with Crippen molar-refractivity contribution in [3.8, 4) is 0 Å². The summed E-state index contributed by atoms with van der Waals surface area (Å²) >= 11 is 5.15. The lowest BCUT2D eigenvalue weighted by Gasteiger charge is -2.23. The van der Waals surface area contributed by atoms with Gasteiger partial charge in [0.2, 0.25) is 0 Å². The number of hydrogen-bond donors (Lipinski definition) is 1. The van der Waals surface area contributed by atoms with Gasteiger partial charge in [-0.1, -0.05) is 35.4 Å². The average molecular weight is 256 g/mol. The number of thiocarbonyl (C=S) groups is 1. The minimum Gasteiger partial charge on any atom is -0.376 e. The molecule has 0 bridgehead atoms. The van der Waals surface area contributed by atoms with Crippen molar-refractivity contribution in [1.29, 1.82) is 0 Å². The highest BCUT2D eigenvalue weighted by atomic mass is 32.1. The number of benzene rings is 2. The van der Waals surface area contributed by atoms with Gasteiger partial charge in [0.05, 0.1) is 0 Å². The molecular weight excluding hydrogens is 240 g/mol. The molecule has 0 fully saturated rings. The third kappa shape index (κ3) is 2.68. The van der Waals surface area contributed by atoms with E-state index in [0.717, 1.165) is 11.4 Å². The van der Waals surface area contributed by atoms with Gasteiger partial charge in [-0.3, -0.25) is 4.90 Å². The van der Waals surface area contributed by atoms with E-state index in [1.54, 1.807) is 0 Å². The lowest BCUT2D eigenvalue weighted by molar-refractivity contribution is 1.31. The van der Waals surface area contributed by atoms with Crippen molar-refractivity contribution in [2.24, 2.45) is 5.73 Å². The Labute approximate surface area is 113 Å². The molecule has 92 valence electrons. The Morgan fingerprint density at radius 2 is 1.17 bits per heavy atom. The normalized spacial score (nSPS) is 10.1. The first-order valence-corrected chi connectivity index (χ1v) is 6.21. The van der Waals surface area contributed by atoms with E-state index in [4.69, 9.17) is 18.0 Å². The van der Waals surface area contributed by atoms with Gasteiger partial charge in [-0.15, -0.1) is 0 Å². The Hall–Kier alpha value is -1.87. The van der Waals surface area contributed by atoms with Crippen LogP contribution in [0.15, 0.2) is 48.5 Å². The number of nitrogens with two attached hydrogens (primary N) is 1. The predicted molar refractivity (Wildman–Crippen MR) is 81.3 cm³/mol. The maximum Gasteiger partial charge on any atom is 0.175 e. The predicted octanol–water partition coefficient (Wildman–Crippen LogP) is 3.69. The van der Waals surface area contributed by atoms with E-state index < -0.39 is 0 Å². The molecule has 2 aromatic carbocycles. The van der Waals surface area contributed by atoms with Crippen molar-refractivity contribution < 1.29 is 0 Å². The van der Waals surface area contributed by atoms with Crippen LogP contribution in [0.1, 0.15) is 11.1 Å². The van der Waals surface area contributed by atoms with Crippen LogP contribution in [-0.4, -0.2) is 5.11 Å². The molecule has 0 saturated heterocycles. The molecule has 0 aliphatic rings. The molecule has 0 aliphatic heterocycles. The summed E-state index contributed by atoms with van der Waals surface area (Å²) in [5.74, 6) is 0. The summed E-state index contributed by atoms with van der Waals surface area (Å²) in [5.41, 5.74) is 10.2. The Kier molecular flexibility index (Phi) is 3.63. The third-order valence-corrected chi connectivity index (χ3v) is 2.99. The highest BCUT2D eigenvalue weighted by Crippen LogP contribution is 2.25. The van der Waals surface area contributed by atoms with Gasteiger partial charge < -0.3 is 5.73 Å². The maximum absolute atomic E-state index is 5.83. The lowest BCUT2D eigenvalue weighted by atomic mass is 10.2. The Bertz CT molecular complexity index is 498. The van der Waals surface area contributed by atoms with Gasteiger partial charge in [0.1, 0.15) is 0 Å². The second-order valence-corrected chi connectivity index (χ2v) is 4.76. The fourth-order valence-electron chi connectivity index (χ4n) is 1.79. The van der Waals surface area contributed by atoms with E-state index in [-0.39, 0.29) is 0 Å². The Morgan fingerprint density at radius 3 is 1.44 bits per heavy atom. The summed E-state index contributed by atoms with van der Waals surface area (Å²) in [7, 11) is 0. The molecule has 2 aromatic rings. The topological polar surface area (TPSA) is 29.3 Å². The largest absolute Gasteiger partial charge is 0.376 e. The van der Waals surface area contributed by atoms with Gasteiger partial charge in [0, 0.05) is 11.4 Å². The molecule has 0 unspecified atom stereocenters. The van der Waals surface area contributed by atoms with E-state index in [2.05, 4.69) is 38.1 Å². The minimum absolute atomic E-state index is 0.350. The minimum atomic E-state index is 0.350. The standard InChI is InChI=1S/C15H16N2S/c1-11-3-7-13(8-4-11)17(15(16)18)14-9-5-12(2)6-10-14/h3-10H,1-2H3,(H2,16,18). The third-order valence-electron chi connectivity index (χ3n) is 2.80. The number of nitrogens with zero attached hydrogens (tertiary/aromatic N) is 1. The molecule has 0 aromatic heterocycles. The van der Waals surface area contributed by atoms with Crippen molar-refractivity contribution in [3.05, 3.63) is 59.7 Å². The second-order valence-electron chi connectivity index (χ2n) is 4.34. The van der Waals surface area contributed by atoms with Crippen molar-refractivity contribution in [3.63, 3.8) is 0 Å². The number of anilines is 2. The smallest absolute Gasteiger partial charge is 0.175 e. The Morgan fingerprint density at radius 1 is 0.833 bits per heavy atom. The van der Waals surface area contributed by atoms with Gasteiger partial charge in [0.15, 0.2) is 5.11 Å². The van der Waals surface area contributed by atoms with E-state index >= 15 is 0 Å². The highest BCUT2D eigenvalue weighted by Gasteiger charge is 2.11. The van der Waals surface area contributed by atoms with Gasteiger partial charge in [-0.2, -0.15) is 0 Å². The van der Waals surface area contributed by atoms with Gasteiger partial charge in [-0.05, 0) is 50.3 Å². The van der Waals surface area contributed by atoms with E-state index in [1.165, 1.54) is 11.1 Å². The molecule has 0 atom stereocenters. The molecule has 2 nitrogen and oxygen atoms in total. The van der Waals surface area contributed by atoms with Gasteiger partial charge in [-0.25, -0.2) is 0 Å². The van der Waals surface area contributed by atoms with Crippen LogP contribution in [0.5, 0.6) is 0 Å². The van der Waals surface area contributed by atoms with Crippen LogP contribution < -0.4 is 10.6 Å². The average Bonchev–Trinajstić information content (AvgIpc) is 2.34. The second kappa shape index (κ2) is 5.19. The van der Waals surface area contributed by atoms with Crippen LogP contribution in [0.3, 0.4) is 0 Å². The molecule has 0 amide bonds. The van der Waals surface area contributed by atoms with Crippen LogP contribution in [0, 0.1) is 13.8 Å². The summed E-state index contributed by atoms with van der Waals surface area (Å²) in [6.07, 6.45) is 0. The molecule has 3 heteroatoms. The van der Waals surface area contributed by atoms with Crippen LogP contribution in [-0.2, 0) is 0 Å².